The van der Waals surface area contributed by atoms with Crippen molar-refractivity contribution >= 4 is 49.4 Å². The lowest BCUT2D eigenvalue weighted by Crippen LogP contribution is -2.16. The highest BCUT2D eigenvalue weighted by Crippen LogP contribution is 2.33. The highest BCUT2D eigenvalue weighted by molar-refractivity contribution is 7.22. The van der Waals surface area contributed by atoms with Crippen molar-refractivity contribution in [3.05, 3.63) is 42.0 Å². The molecule has 0 saturated heterocycles. The third-order valence-electron chi connectivity index (χ3n) is 4.80. The zero-order valence-corrected chi connectivity index (χ0v) is 17.9. The number of aryl methyl sites for hydroxylation is 1. The average molecular weight is 464 g/mol. The number of fused-ring (bicyclic) bond motifs is 2. The second-order valence-corrected chi connectivity index (χ2v) is 8.36. The number of aliphatic hydroxyl groups is 1. The molecule has 32 heavy (non-hydrogen) atoms. The SMILES string of the molecule is C[C@H](O)CCC(=O)c1ccc2c(c1)nc(Nc1nc3ccc(OC(F)(F)F)cc3s1)n2C. The van der Waals surface area contributed by atoms with E-state index in [2.05, 4.69) is 20.0 Å². The first-order valence-electron chi connectivity index (χ1n) is 9.70. The van der Waals surface area contributed by atoms with E-state index < -0.39 is 12.5 Å². The molecular formula is C21H19F3N4O3S. The van der Waals surface area contributed by atoms with E-state index in [4.69, 9.17) is 0 Å². The summed E-state index contributed by atoms with van der Waals surface area (Å²) in [7, 11) is 1.80. The molecule has 1 atom stereocenters. The number of hydrogen-bond donors (Lipinski definition) is 2. The Kier molecular flexibility index (Phi) is 5.78. The van der Waals surface area contributed by atoms with Gasteiger partial charge in [-0.1, -0.05) is 11.3 Å². The summed E-state index contributed by atoms with van der Waals surface area (Å²) in [6.45, 7) is 1.64. The van der Waals surface area contributed by atoms with Crippen LogP contribution < -0.4 is 10.1 Å². The number of ketones is 1. The van der Waals surface area contributed by atoms with Crippen molar-refractivity contribution in [1.29, 1.82) is 0 Å². The zero-order valence-electron chi connectivity index (χ0n) is 17.1. The van der Waals surface area contributed by atoms with Crippen LogP contribution in [0, 0.1) is 0 Å². The molecule has 0 saturated carbocycles. The Morgan fingerprint density at radius 3 is 2.72 bits per heavy atom. The van der Waals surface area contributed by atoms with Crippen molar-refractivity contribution in [2.24, 2.45) is 7.05 Å². The highest BCUT2D eigenvalue weighted by Gasteiger charge is 2.31. The number of anilines is 2. The predicted octanol–water partition coefficient (Wildman–Crippen LogP) is 5.17. The van der Waals surface area contributed by atoms with Gasteiger partial charge in [0.25, 0.3) is 0 Å². The molecule has 0 aliphatic heterocycles. The third-order valence-corrected chi connectivity index (χ3v) is 5.74. The van der Waals surface area contributed by atoms with Crippen molar-refractivity contribution in [3.8, 4) is 5.75 Å². The second kappa shape index (κ2) is 8.40. The monoisotopic (exact) mass is 464 g/mol. The molecular weight excluding hydrogens is 445 g/mol. The number of aromatic nitrogens is 3. The van der Waals surface area contributed by atoms with E-state index in [0.717, 1.165) is 5.52 Å². The maximum Gasteiger partial charge on any atom is 0.573 e. The average Bonchev–Trinajstić information content (AvgIpc) is 3.24. The number of benzene rings is 2. The second-order valence-electron chi connectivity index (χ2n) is 7.33. The van der Waals surface area contributed by atoms with Gasteiger partial charge in [0.2, 0.25) is 5.95 Å². The number of hydrogen-bond acceptors (Lipinski definition) is 7. The van der Waals surface area contributed by atoms with Gasteiger partial charge in [-0.05, 0) is 43.7 Å². The summed E-state index contributed by atoms with van der Waals surface area (Å²) in [4.78, 5) is 21.2. The van der Waals surface area contributed by atoms with Crippen molar-refractivity contribution in [2.45, 2.75) is 32.2 Å². The van der Waals surface area contributed by atoms with Crippen LogP contribution in [0.2, 0.25) is 0 Å². The molecule has 168 valence electrons. The van der Waals surface area contributed by atoms with Gasteiger partial charge in [-0.25, -0.2) is 9.97 Å². The predicted molar refractivity (Wildman–Crippen MR) is 116 cm³/mol. The number of carbonyl (C=O) groups is 1. The van der Waals surface area contributed by atoms with Crippen LogP contribution in [0.15, 0.2) is 36.4 Å². The van der Waals surface area contributed by atoms with Gasteiger partial charge >= 0.3 is 6.36 Å². The minimum absolute atomic E-state index is 0.0731. The van der Waals surface area contributed by atoms with Crippen LogP contribution in [0.4, 0.5) is 24.3 Å². The van der Waals surface area contributed by atoms with E-state index >= 15 is 0 Å². The van der Waals surface area contributed by atoms with E-state index in [0.29, 0.717) is 38.8 Å². The van der Waals surface area contributed by atoms with E-state index in [1.165, 1.54) is 29.5 Å². The van der Waals surface area contributed by atoms with E-state index in [9.17, 15) is 23.1 Å². The van der Waals surface area contributed by atoms with Crippen LogP contribution in [0.25, 0.3) is 21.3 Å². The molecule has 4 aromatic rings. The number of halogens is 3. The van der Waals surface area contributed by atoms with E-state index in [1.54, 1.807) is 36.7 Å². The Hall–Kier alpha value is -3.18. The molecule has 0 unspecified atom stereocenters. The molecule has 0 bridgehead atoms. The van der Waals surface area contributed by atoms with E-state index in [1.807, 2.05) is 0 Å². The van der Waals surface area contributed by atoms with Gasteiger partial charge in [0.15, 0.2) is 10.9 Å². The summed E-state index contributed by atoms with van der Waals surface area (Å²) < 4.78 is 43.6. The molecule has 2 heterocycles. The Balaban J connectivity index is 1.57. The molecule has 0 radical (unpaired) electrons. The number of aliphatic hydroxyl groups excluding tert-OH is 1. The number of rotatable bonds is 7. The summed E-state index contributed by atoms with van der Waals surface area (Å²) in [6.07, 6.45) is -4.67. The molecule has 2 aromatic heterocycles. The first-order chi connectivity index (χ1) is 15.1. The zero-order chi connectivity index (χ0) is 23.0. The van der Waals surface area contributed by atoms with Gasteiger partial charge in [-0.2, -0.15) is 0 Å². The molecule has 4 rings (SSSR count). The van der Waals surface area contributed by atoms with Gasteiger partial charge in [-0.15, -0.1) is 13.2 Å². The fourth-order valence-corrected chi connectivity index (χ4v) is 4.11. The number of nitrogens with one attached hydrogen (secondary N) is 1. The molecule has 2 N–H and O–H groups in total. The molecule has 0 fully saturated rings. The summed E-state index contributed by atoms with van der Waals surface area (Å²) in [5.41, 5.74) is 2.44. The standard InChI is InChI=1S/C21H19F3N4O3S/c1-11(29)3-8-17(30)12-4-7-16-15(9-12)25-19(28(16)2)27-20-26-14-6-5-13(10-18(14)32-20)31-21(22,23)24/h4-7,9-11,29H,3,8H2,1-2H3,(H,25,26,27)/t11-/m0/s1. The minimum Gasteiger partial charge on any atom is -0.406 e. The molecule has 2 aromatic carbocycles. The molecule has 7 nitrogen and oxygen atoms in total. The number of Topliss-reactive ketones (excluding diaryl/α,β-unsaturated/α-hetero) is 1. The summed E-state index contributed by atoms with van der Waals surface area (Å²) >= 11 is 1.17. The molecule has 0 amide bonds. The van der Waals surface area contributed by atoms with Gasteiger partial charge in [0, 0.05) is 25.1 Å². The Labute approximate surface area is 184 Å². The largest absolute Gasteiger partial charge is 0.573 e. The number of thiazole rings is 1. The van der Waals surface area contributed by atoms with Crippen molar-refractivity contribution in [2.75, 3.05) is 5.32 Å². The van der Waals surface area contributed by atoms with Crippen LogP contribution in [-0.2, 0) is 7.05 Å². The summed E-state index contributed by atoms with van der Waals surface area (Å²) in [6, 6.07) is 9.17. The van der Waals surface area contributed by atoms with Crippen molar-refractivity contribution in [1.82, 2.24) is 14.5 Å². The lowest BCUT2D eigenvalue weighted by molar-refractivity contribution is -0.274. The Bertz CT molecular complexity index is 1300. The molecule has 0 spiro atoms. The quantitative estimate of drug-likeness (QED) is 0.367. The normalized spacial score (nSPS) is 12.9. The van der Waals surface area contributed by atoms with Gasteiger partial charge in [0.05, 0.1) is 27.4 Å². The van der Waals surface area contributed by atoms with Crippen LogP contribution in [-0.4, -0.2) is 37.9 Å². The lowest BCUT2D eigenvalue weighted by Gasteiger charge is -2.07. The maximum absolute atomic E-state index is 12.4. The molecule has 0 aliphatic rings. The Morgan fingerprint density at radius 2 is 2.00 bits per heavy atom. The number of nitrogens with zero attached hydrogens (tertiary/aromatic N) is 3. The summed E-state index contributed by atoms with van der Waals surface area (Å²) in [5, 5.41) is 12.9. The molecule has 0 aliphatic carbocycles. The fraction of sp³-hybridized carbons (Fsp3) is 0.286. The van der Waals surface area contributed by atoms with Crippen LogP contribution >= 0.6 is 11.3 Å². The highest BCUT2D eigenvalue weighted by atomic mass is 32.1. The Morgan fingerprint density at radius 1 is 1.22 bits per heavy atom. The maximum atomic E-state index is 12.4. The van der Waals surface area contributed by atoms with Gasteiger partial charge in [-0.3, -0.25) is 4.79 Å². The third kappa shape index (κ3) is 4.83. The number of alkyl halides is 3. The van der Waals surface area contributed by atoms with Crippen LogP contribution in [0.5, 0.6) is 5.75 Å². The number of imidazole rings is 1. The first-order valence-corrected chi connectivity index (χ1v) is 10.5. The number of ether oxygens (including phenoxy) is 1. The summed E-state index contributed by atoms with van der Waals surface area (Å²) in [5.74, 6) is 0.0890. The number of carbonyl (C=O) groups excluding carboxylic acids is 1. The minimum atomic E-state index is -4.76. The topological polar surface area (TPSA) is 89.3 Å². The van der Waals surface area contributed by atoms with Crippen LogP contribution in [0.3, 0.4) is 0 Å². The fourth-order valence-electron chi connectivity index (χ4n) is 3.22. The first kappa shape index (κ1) is 22.0. The lowest BCUT2D eigenvalue weighted by atomic mass is 10.0. The van der Waals surface area contributed by atoms with Crippen LogP contribution in [0.1, 0.15) is 30.1 Å². The van der Waals surface area contributed by atoms with Crippen molar-refractivity contribution in [3.63, 3.8) is 0 Å². The van der Waals surface area contributed by atoms with Gasteiger partial charge in [0.1, 0.15) is 5.75 Å². The molecule has 11 heteroatoms. The smallest absolute Gasteiger partial charge is 0.406 e. The van der Waals surface area contributed by atoms with Crippen molar-refractivity contribution < 1.29 is 27.8 Å². The van der Waals surface area contributed by atoms with Gasteiger partial charge < -0.3 is 19.7 Å². The van der Waals surface area contributed by atoms with E-state index in [-0.39, 0.29) is 18.0 Å².